The highest BCUT2D eigenvalue weighted by molar-refractivity contribution is 5.41. The lowest BCUT2D eigenvalue weighted by Gasteiger charge is -2.21. The molecule has 17 heavy (non-hydrogen) atoms. The van der Waals surface area contributed by atoms with Gasteiger partial charge >= 0.3 is 0 Å². The van der Waals surface area contributed by atoms with Crippen molar-refractivity contribution in [2.75, 3.05) is 26.4 Å². The lowest BCUT2D eigenvalue weighted by Crippen LogP contribution is -2.24. The van der Waals surface area contributed by atoms with Crippen LogP contribution in [0.1, 0.15) is 17.5 Å². The van der Waals surface area contributed by atoms with Gasteiger partial charge in [-0.15, -0.1) is 0 Å². The molecular formula is C14H19NO2. The molecule has 2 heterocycles. The van der Waals surface area contributed by atoms with Crippen LogP contribution in [-0.4, -0.2) is 26.4 Å². The van der Waals surface area contributed by atoms with Crippen molar-refractivity contribution in [3.05, 3.63) is 29.3 Å². The normalized spacial score (nSPS) is 23.4. The molecule has 0 radical (unpaired) electrons. The zero-order valence-corrected chi connectivity index (χ0v) is 10.1. The smallest absolute Gasteiger partial charge is 0.124 e. The van der Waals surface area contributed by atoms with Gasteiger partial charge in [0.1, 0.15) is 5.75 Å². The molecule has 0 amide bonds. The van der Waals surface area contributed by atoms with E-state index in [4.69, 9.17) is 9.47 Å². The molecule has 0 aliphatic carbocycles. The van der Waals surface area contributed by atoms with Crippen molar-refractivity contribution < 1.29 is 9.47 Å². The summed E-state index contributed by atoms with van der Waals surface area (Å²) in [5.74, 6) is 1.63. The minimum absolute atomic E-state index is 0.572. The number of hydrogen-bond donors (Lipinski definition) is 1. The first kappa shape index (κ1) is 11.1. The Morgan fingerprint density at radius 1 is 1.41 bits per heavy atom. The summed E-state index contributed by atoms with van der Waals surface area (Å²) in [4.78, 5) is 0. The lowest BCUT2D eigenvalue weighted by molar-refractivity contribution is 0.166. The van der Waals surface area contributed by atoms with Gasteiger partial charge in [0.2, 0.25) is 0 Å². The van der Waals surface area contributed by atoms with Gasteiger partial charge in [-0.1, -0.05) is 12.1 Å². The fraction of sp³-hybridized carbons (Fsp3) is 0.571. The molecule has 3 heteroatoms. The van der Waals surface area contributed by atoms with Crippen molar-refractivity contribution in [2.45, 2.75) is 19.4 Å². The van der Waals surface area contributed by atoms with E-state index < -0.39 is 0 Å². The number of benzene rings is 1. The Labute approximate surface area is 102 Å². The molecular weight excluding hydrogens is 214 g/mol. The summed E-state index contributed by atoms with van der Waals surface area (Å²) in [7, 11) is 0. The van der Waals surface area contributed by atoms with Crippen LogP contribution < -0.4 is 10.1 Å². The quantitative estimate of drug-likeness (QED) is 0.862. The highest BCUT2D eigenvalue weighted by Gasteiger charge is 2.18. The van der Waals surface area contributed by atoms with Crippen LogP contribution in [0.15, 0.2) is 18.2 Å². The van der Waals surface area contributed by atoms with Gasteiger partial charge in [0.15, 0.2) is 0 Å². The van der Waals surface area contributed by atoms with E-state index in [1.165, 1.54) is 11.1 Å². The van der Waals surface area contributed by atoms with Gasteiger partial charge in [-0.3, -0.25) is 0 Å². The largest absolute Gasteiger partial charge is 0.493 e. The molecule has 1 unspecified atom stereocenters. The number of hydrogen-bond acceptors (Lipinski definition) is 3. The number of ether oxygens (including phenoxy) is 2. The molecule has 0 saturated carbocycles. The van der Waals surface area contributed by atoms with Crippen LogP contribution in [0.3, 0.4) is 0 Å². The maximum Gasteiger partial charge on any atom is 0.124 e. The van der Waals surface area contributed by atoms with E-state index in [1.807, 2.05) is 0 Å². The summed E-state index contributed by atoms with van der Waals surface area (Å²) < 4.78 is 11.3. The van der Waals surface area contributed by atoms with Gasteiger partial charge in [0.05, 0.1) is 13.2 Å². The van der Waals surface area contributed by atoms with Crippen LogP contribution in [0.2, 0.25) is 0 Å². The highest BCUT2D eigenvalue weighted by Crippen LogP contribution is 2.26. The van der Waals surface area contributed by atoms with Crippen molar-refractivity contribution >= 4 is 0 Å². The monoisotopic (exact) mass is 233 g/mol. The summed E-state index contributed by atoms with van der Waals surface area (Å²) in [6.45, 7) is 4.55. The van der Waals surface area contributed by atoms with E-state index in [2.05, 4.69) is 23.5 Å². The van der Waals surface area contributed by atoms with Gasteiger partial charge in [-0.2, -0.15) is 0 Å². The summed E-state index contributed by atoms with van der Waals surface area (Å²) in [6.07, 6.45) is 2.24. The second-order valence-electron chi connectivity index (χ2n) is 4.86. The van der Waals surface area contributed by atoms with Crippen LogP contribution in [0, 0.1) is 5.92 Å². The first-order valence-electron chi connectivity index (χ1n) is 6.45. The van der Waals surface area contributed by atoms with Gasteiger partial charge in [-0.05, 0) is 31.0 Å². The molecule has 3 rings (SSSR count). The zero-order chi connectivity index (χ0) is 11.5. The van der Waals surface area contributed by atoms with Crippen LogP contribution >= 0.6 is 0 Å². The summed E-state index contributed by atoms with van der Waals surface area (Å²) >= 11 is 0. The Morgan fingerprint density at radius 2 is 2.41 bits per heavy atom. The van der Waals surface area contributed by atoms with Gasteiger partial charge in [0.25, 0.3) is 0 Å². The number of rotatable bonds is 3. The van der Waals surface area contributed by atoms with Crippen LogP contribution in [0.5, 0.6) is 5.75 Å². The van der Waals surface area contributed by atoms with E-state index in [-0.39, 0.29) is 0 Å². The van der Waals surface area contributed by atoms with Gasteiger partial charge < -0.3 is 14.8 Å². The van der Waals surface area contributed by atoms with Crippen molar-refractivity contribution in [3.63, 3.8) is 0 Å². The molecule has 1 N–H and O–H groups in total. The number of nitrogens with one attached hydrogen (secondary N) is 1. The standard InChI is InChI=1S/C14H19NO2/c1-2-12-4-6-15-8-13(12)14(3-1)17-10-11-5-7-16-9-11/h1-3,11,15H,4-10H2. The van der Waals surface area contributed by atoms with Gasteiger partial charge in [-0.25, -0.2) is 0 Å². The topological polar surface area (TPSA) is 30.5 Å². The minimum Gasteiger partial charge on any atom is -0.493 e. The molecule has 1 saturated heterocycles. The van der Waals surface area contributed by atoms with E-state index in [0.717, 1.165) is 51.5 Å². The van der Waals surface area contributed by atoms with Crippen molar-refractivity contribution in [2.24, 2.45) is 5.92 Å². The second-order valence-corrected chi connectivity index (χ2v) is 4.86. The Hall–Kier alpha value is -1.06. The minimum atomic E-state index is 0.572. The SMILES string of the molecule is c1cc2c(c(OCC3CCOC3)c1)CNCC2. The van der Waals surface area contributed by atoms with E-state index in [0.29, 0.717) is 5.92 Å². The third-order valence-electron chi connectivity index (χ3n) is 3.60. The Balaban J connectivity index is 1.69. The molecule has 1 fully saturated rings. The van der Waals surface area contributed by atoms with Crippen molar-refractivity contribution in [1.82, 2.24) is 5.32 Å². The molecule has 0 spiro atoms. The first-order chi connectivity index (χ1) is 8.43. The zero-order valence-electron chi connectivity index (χ0n) is 10.1. The molecule has 0 aromatic heterocycles. The third kappa shape index (κ3) is 2.45. The maximum absolute atomic E-state index is 5.97. The molecule has 2 aliphatic rings. The van der Waals surface area contributed by atoms with Gasteiger partial charge in [0, 0.05) is 24.6 Å². The van der Waals surface area contributed by atoms with E-state index >= 15 is 0 Å². The Bertz CT molecular complexity index is 386. The molecule has 92 valence electrons. The highest BCUT2D eigenvalue weighted by atomic mass is 16.5. The molecule has 0 bridgehead atoms. The molecule has 1 aromatic rings. The predicted molar refractivity (Wildman–Crippen MR) is 66.3 cm³/mol. The lowest BCUT2D eigenvalue weighted by atomic mass is 10.0. The Morgan fingerprint density at radius 3 is 3.29 bits per heavy atom. The molecule has 3 nitrogen and oxygen atoms in total. The molecule has 1 atom stereocenters. The van der Waals surface area contributed by atoms with Crippen LogP contribution in [0.4, 0.5) is 0 Å². The molecule has 1 aromatic carbocycles. The molecule has 2 aliphatic heterocycles. The van der Waals surface area contributed by atoms with E-state index in [1.54, 1.807) is 0 Å². The van der Waals surface area contributed by atoms with Crippen LogP contribution in [-0.2, 0) is 17.7 Å². The fourth-order valence-electron chi connectivity index (χ4n) is 2.54. The first-order valence-corrected chi connectivity index (χ1v) is 6.45. The fourth-order valence-corrected chi connectivity index (χ4v) is 2.54. The van der Waals surface area contributed by atoms with Crippen molar-refractivity contribution in [1.29, 1.82) is 0 Å². The maximum atomic E-state index is 5.97. The summed E-state index contributed by atoms with van der Waals surface area (Å²) in [5.41, 5.74) is 2.78. The second kappa shape index (κ2) is 5.07. The Kier molecular flexibility index (Phi) is 3.29. The predicted octanol–water partition coefficient (Wildman–Crippen LogP) is 1.75. The average Bonchev–Trinajstić information content (AvgIpc) is 2.89. The summed E-state index contributed by atoms with van der Waals surface area (Å²) in [5, 5.41) is 3.40. The van der Waals surface area contributed by atoms with E-state index in [9.17, 15) is 0 Å². The van der Waals surface area contributed by atoms with Crippen LogP contribution in [0.25, 0.3) is 0 Å². The third-order valence-corrected chi connectivity index (χ3v) is 3.60. The average molecular weight is 233 g/mol. The number of fused-ring (bicyclic) bond motifs is 1. The van der Waals surface area contributed by atoms with Crippen molar-refractivity contribution in [3.8, 4) is 5.75 Å². The summed E-state index contributed by atoms with van der Waals surface area (Å²) in [6, 6.07) is 6.40.